The van der Waals surface area contributed by atoms with Crippen molar-refractivity contribution in [2.75, 3.05) is 20.2 Å². The largest absolute Gasteiger partial charge is 0.497 e. The van der Waals surface area contributed by atoms with E-state index in [0.29, 0.717) is 18.3 Å². The van der Waals surface area contributed by atoms with Gasteiger partial charge >= 0.3 is 0 Å². The summed E-state index contributed by atoms with van der Waals surface area (Å²) >= 11 is 0. The molecule has 0 aliphatic heterocycles. The Bertz CT molecular complexity index is 447. The first-order chi connectivity index (χ1) is 9.20. The van der Waals surface area contributed by atoms with Gasteiger partial charge in [0.05, 0.1) is 12.7 Å². The monoisotopic (exact) mass is 266 g/mol. The molecule has 0 bridgehead atoms. The molecule has 1 aliphatic carbocycles. The van der Waals surface area contributed by atoms with E-state index in [1.165, 1.54) is 32.1 Å². The summed E-state index contributed by atoms with van der Waals surface area (Å²) < 4.78 is 18.5. The van der Waals surface area contributed by atoms with Gasteiger partial charge in [-0.25, -0.2) is 4.39 Å². The second-order valence-electron chi connectivity index (χ2n) is 4.68. The molecule has 1 aromatic carbocycles. The Labute approximate surface area is 112 Å². The molecule has 1 amide bonds. The van der Waals surface area contributed by atoms with Gasteiger partial charge in [0.1, 0.15) is 11.6 Å². The first-order valence-corrected chi connectivity index (χ1v) is 6.56. The van der Waals surface area contributed by atoms with Crippen LogP contribution in [0.25, 0.3) is 0 Å². The van der Waals surface area contributed by atoms with Crippen LogP contribution >= 0.6 is 0 Å². The molecule has 0 spiro atoms. The summed E-state index contributed by atoms with van der Waals surface area (Å²) in [6.45, 7) is 1.43. The summed E-state index contributed by atoms with van der Waals surface area (Å²) in [5.74, 6) is -0.540. The molecular weight excluding hydrogens is 247 g/mol. The van der Waals surface area contributed by atoms with Crippen molar-refractivity contribution >= 4 is 5.91 Å². The molecule has 0 saturated heterocycles. The van der Waals surface area contributed by atoms with E-state index >= 15 is 0 Å². The fourth-order valence-corrected chi connectivity index (χ4v) is 1.79. The number of rotatable bonds is 7. The highest BCUT2D eigenvalue weighted by atomic mass is 19.1. The van der Waals surface area contributed by atoms with Crippen LogP contribution in [0.15, 0.2) is 18.2 Å². The Balaban J connectivity index is 1.75. The van der Waals surface area contributed by atoms with Crippen LogP contribution in [0.5, 0.6) is 5.75 Å². The van der Waals surface area contributed by atoms with E-state index in [4.69, 9.17) is 4.74 Å². The van der Waals surface area contributed by atoms with E-state index in [1.54, 1.807) is 6.07 Å². The minimum atomic E-state index is -0.562. The van der Waals surface area contributed by atoms with Crippen LogP contribution in [0.4, 0.5) is 4.39 Å². The lowest BCUT2D eigenvalue weighted by Gasteiger charge is -2.07. The van der Waals surface area contributed by atoms with Crippen molar-refractivity contribution in [3.05, 3.63) is 29.6 Å². The lowest BCUT2D eigenvalue weighted by molar-refractivity contribution is 0.0949. The Morgan fingerprint density at radius 3 is 2.84 bits per heavy atom. The smallest absolute Gasteiger partial charge is 0.254 e. The molecular formula is C14H19FN2O2. The van der Waals surface area contributed by atoms with Crippen LogP contribution in [0, 0.1) is 5.82 Å². The summed E-state index contributed by atoms with van der Waals surface area (Å²) in [5.41, 5.74) is 0.0518. The van der Waals surface area contributed by atoms with E-state index in [9.17, 15) is 9.18 Å². The highest BCUT2D eigenvalue weighted by Gasteiger charge is 2.19. The lowest BCUT2D eigenvalue weighted by atomic mass is 10.2. The SMILES string of the molecule is COc1ccc(C(=O)NCCCNC2CC2)c(F)c1. The molecule has 0 radical (unpaired) electrons. The number of halogens is 1. The van der Waals surface area contributed by atoms with Gasteiger partial charge in [-0.2, -0.15) is 0 Å². The van der Waals surface area contributed by atoms with Gasteiger partial charge in [0, 0.05) is 18.7 Å². The third kappa shape index (κ3) is 4.21. The number of methoxy groups -OCH3 is 1. The predicted molar refractivity (Wildman–Crippen MR) is 70.9 cm³/mol. The minimum Gasteiger partial charge on any atom is -0.497 e. The molecule has 2 N–H and O–H groups in total. The number of hydrogen-bond donors (Lipinski definition) is 2. The van der Waals surface area contributed by atoms with Crippen LogP contribution in [0.3, 0.4) is 0 Å². The van der Waals surface area contributed by atoms with Crippen molar-refractivity contribution in [3.8, 4) is 5.75 Å². The fraction of sp³-hybridized carbons (Fsp3) is 0.500. The third-order valence-electron chi connectivity index (χ3n) is 3.07. The standard InChI is InChI=1S/C14H19FN2O2/c1-19-11-5-6-12(13(15)9-11)14(18)17-8-2-7-16-10-3-4-10/h5-6,9-10,16H,2-4,7-8H2,1H3,(H,17,18). The van der Waals surface area contributed by atoms with Gasteiger partial charge in [0.2, 0.25) is 0 Å². The highest BCUT2D eigenvalue weighted by Crippen LogP contribution is 2.18. The molecule has 1 aromatic rings. The predicted octanol–water partition coefficient (Wildman–Crippen LogP) is 1.71. The molecule has 5 heteroatoms. The van der Waals surface area contributed by atoms with E-state index in [1.807, 2.05) is 0 Å². The summed E-state index contributed by atoms with van der Waals surface area (Å²) in [6, 6.07) is 4.90. The zero-order valence-corrected chi connectivity index (χ0v) is 11.0. The fourth-order valence-electron chi connectivity index (χ4n) is 1.79. The zero-order chi connectivity index (χ0) is 13.7. The molecule has 0 heterocycles. The Hall–Kier alpha value is -1.62. The molecule has 0 unspecified atom stereocenters. The van der Waals surface area contributed by atoms with Crippen LogP contribution in [-0.2, 0) is 0 Å². The van der Waals surface area contributed by atoms with Crippen LogP contribution < -0.4 is 15.4 Å². The van der Waals surface area contributed by atoms with Crippen molar-refractivity contribution in [1.29, 1.82) is 0 Å². The number of benzene rings is 1. The summed E-state index contributed by atoms with van der Waals surface area (Å²) in [5, 5.41) is 6.07. The number of ether oxygens (including phenoxy) is 1. The Kier molecular flexibility index (Phi) is 4.74. The van der Waals surface area contributed by atoms with Crippen LogP contribution in [0.1, 0.15) is 29.6 Å². The second kappa shape index (κ2) is 6.52. The van der Waals surface area contributed by atoms with Crippen LogP contribution in [-0.4, -0.2) is 32.1 Å². The Morgan fingerprint density at radius 2 is 2.21 bits per heavy atom. The Morgan fingerprint density at radius 1 is 1.42 bits per heavy atom. The quantitative estimate of drug-likeness (QED) is 0.739. The van der Waals surface area contributed by atoms with Gasteiger partial charge in [-0.15, -0.1) is 0 Å². The van der Waals surface area contributed by atoms with E-state index < -0.39 is 5.82 Å². The summed E-state index contributed by atoms with van der Waals surface area (Å²) in [7, 11) is 1.46. The van der Waals surface area contributed by atoms with Gasteiger partial charge in [-0.05, 0) is 37.9 Å². The van der Waals surface area contributed by atoms with Gasteiger partial charge in [-0.1, -0.05) is 0 Å². The number of nitrogens with one attached hydrogen (secondary N) is 2. The van der Waals surface area contributed by atoms with E-state index in [0.717, 1.165) is 13.0 Å². The first kappa shape index (κ1) is 13.8. The molecule has 1 fully saturated rings. The second-order valence-corrected chi connectivity index (χ2v) is 4.68. The van der Waals surface area contributed by atoms with Crippen molar-refractivity contribution in [2.45, 2.75) is 25.3 Å². The van der Waals surface area contributed by atoms with Gasteiger partial charge in [0.25, 0.3) is 5.91 Å². The number of amides is 1. The minimum absolute atomic E-state index is 0.0518. The number of hydrogen-bond acceptors (Lipinski definition) is 3. The van der Waals surface area contributed by atoms with E-state index in [2.05, 4.69) is 10.6 Å². The van der Waals surface area contributed by atoms with Crippen molar-refractivity contribution in [2.24, 2.45) is 0 Å². The number of carbonyl (C=O) groups is 1. The average Bonchev–Trinajstić information content (AvgIpc) is 3.22. The molecule has 4 nitrogen and oxygen atoms in total. The highest BCUT2D eigenvalue weighted by molar-refractivity contribution is 5.94. The molecule has 19 heavy (non-hydrogen) atoms. The van der Waals surface area contributed by atoms with Gasteiger partial charge in [0.15, 0.2) is 0 Å². The van der Waals surface area contributed by atoms with Crippen molar-refractivity contribution < 1.29 is 13.9 Å². The average molecular weight is 266 g/mol. The maximum atomic E-state index is 13.6. The van der Waals surface area contributed by atoms with E-state index in [-0.39, 0.29) is 11.5 Å². The molecule has 0 aromatic heterocycles. The lowest BCUT2D eigenvalue weighted by Crippen LogP contribution is -2.28. The normalized spacial score (nSPS) is 14.2. The summed E-state index contributed by atoms with van der Waals surface area (Å²) in [6.07, 6.45) is 3.35. The van der Waals surface area contributed by atoms with Gasteiger partial charge < -0.3 is 15.4 Å². The molecule has 0 atom stereocenters. The molecule has 1 saturated carbocycles. The molecule has 2 rings (SSSR count). The zero-order valence-electron chi connectivity index (χ0n) is 11.0. The molecule has 104 valence electrons. The maximum Gasteiger partial charge on any atom is 0.254 e. The van der Waals surface area contributed by atoms with Crippen molar-refractivity contribution in [3.63, 3.8) is 0 Å². The number of carbonyl (C=O) groups excluding carboxylic acids is 1. The topological polar surface area (TPSA) is 50.4 Å². The molecule has 1 aliphatic rings. The van der Waals surface area contributed by atoms with Crippen molar-refractivity contribution in [1.82, 2.24) is 10.6 Å². The third-order valence-corrected chi connectivity index (χ3v) is 3.07. The summed E-state index contributed by atoms with van der Waals surface area (Å²) in [4.78, 5) is 11.8. The van der Waals surface area contributed by atoms with Crippen LogP contribution in [0.2, 0.25) is 0 Å². The van der Waals surface area contributed by atoms with Gasteiger partial charge in [-0.3, -0.25) is 4.79 Å². The first-order valence-electron chi connectivity index (χ1n) is 6.56. The maximum absolute atomic E-state index is 13.6.